The summed E-state index contributed by atoms with van der Waals surface area (Å²) in [6.45, 7) is 3.82. The fourth-order valence-electron chi connectivity index (χ4n) is 4.18. The molecule has 0 bridgehead atoms. The fourth-order valence-corrected chi connectivity index (χ4v) is 4.18. The summed E-state index contributed by atoms with van der Waals surface area (Å²) in [6.07, 6.45) is 3.91. The standard InChI is InChI=1S/C20H23N5.C6H8O7/c1-24(14-16-6-4-8-19-18(16)7-5-10-21-19)15-17-9-11-22-20(23-17)25-12-2-3-13-25;7-3(8)1-6(13,5(11)12)2-4(9)10/h4-11H,2-3,12-15H2,1H3;13H,1-2H2,(H,7,8)(H,9,10)(H,11,12). The quantitative estimate of drug-likeness (QED) is 0.303. The molecule has 4 N–H and O–H groups in total. The molecule has 0 saturated carbocycles. The van der Waals surface area contributed by atoms with E-state index in [0.29, 0.717) is 0 Å². The van der Waals surface area contributed by atoms with E-state index < -0.39 is 36.4 Å². The monoisotopic (exact) mass is 525 g/mol. The summed E-state index contributed by atoms with van der Waals surface area (Å²) in [4.78, 5) is 48.7. The maximum atomic E-state index is 10.3. The molecule has 1 aliphatic rings. The van der Waals surface area contributed by atoms with Gasteiger partial charge in [-0.25, -0.2) is 14.8 Å². The predicted molar refractivity (Wildman–Crippen MR) is 137 cm³/mol. The number of aliphatic hydroxyl groups is 1. The number of aliphatic carboxylic acids is 3. The third-order valence-electron chi connectivity index (χ3n) is 5.98. The predicted octanol–water partition coefficient (Wildman–Crippen LogP) is 2.01. The first-order valence-electron chi connectivity index (χ1n) is 12.0. The van der Waals surface area contributed by atoms with Crippen molar-refractivity contribution in [3.8, 4) is 0 Å². The summed E-state index contributed by atoms with van der Waals surface area (Å²) in [7, 11) is 2.13. The number of nitrogens with zero attached hydrogens (tertiary/aromatic N) is 5. The average molecular weight is 526 g/mol. The number of hydrogen-bond acceptors (Lipinski definition) is 9. The summed E-state index contributed by atoms with van der Waals surface area (Å²) in [6, 6.07) is 12.5. The lowest BCUT2D eigenvalue weighted by molar-refractivity contribution is -0.170. The lowest BCUT2D eigenvalue weighted by Gasteiger charge is -2.19. The number of hydrogen-bond donors (Lipinski definition) is 4. The molecule has 38 heavy (non-hydrogen) atoms. The molecular formula is C26H31N5O7. The number of pyridine rings is 1. The van der Waals surface area contributed by atoms with Crippen molar-refractivity contribution < 1.29 is 34.8 Å². The number of aromatic nitrogens is 3. The molecule has 1 fully saturated rings. The Labute approximate surface area is 219 Å². The number of rotatable bonds is 10. The number of carboxylic acid groups (broad SMARTS) is 3. The van der Waals surface area contributed by atoms with Crippen molar-refractivity contribution in [2.45, 2.75) is 44.4 Å². The number of fused-ring (bicyclic) bond motifs is 1. The van der Waals surface area contributed by atoms with Gasteiger partial charge in [-0.3, -0.25) is 19.5 Å². The molecule has 202 valence electrons. The summed E-state index contributed by atoms with van der Waals surface area (Å²) < 4.78 is 0. The van der Waals surface area contributed by atoms with E-state index in [9.17, 15) is 14.4 Å². The second kappa shape index (κ2) is 12.9. The van der Waals surface area contributed by atoms with Gasteiger partial charge < -0.3 is 25.3 Å². The zero-order valence-electron chi connectivity index (χ0n) is 21.0. The van der Waals surface area contributed by atoms with Crippen LogP contribution < -0.4 is 4.90 Å². The van der Waals surface area contributed by atoms with E-state index in [1.807, 2.05) is 24.5 Å². The number of carbonyl (C=O) groups is 3. The number of anilines is 1. The second-order valence-electron chi connectivity index (χ2n) is 9.18. The Morgan fingerprint density at radius 2 is 1.61 bits per heavy atom. The minimum Gasteiger partial charge on any atom is -0.481 e. The van der Waals surface area contributed by atoms with Gasteiger partial charge in [-0.15, -0.1) is 0 Å². The van der Waals surface area contributed by atoms with Crippen LogP contribution in [0.4, 0.5) is 5.95 Å². The van der Waals surface area contributed by atoms with Crippen molar-refractivity contribution in [2.24, 2.45) is 0 Å². The van der Waals surface area contributed by atoms with Gasteiger partial charge >= 0.3 is 17.9 Å². The molecule has 4 rings (SSSR count). The molecule has 2 aromatic heterocycles. The van der Waals surface area contributed by atoms with Crippen molar-refractivity contribution in [1.29, 1.82) is 0 Å². The zero-order valence-corrected chi connectivity index (χ0v) is 21.0. The summed E-state index contributed by atoms with van der Waals surface area (Å²) in [5.41, 5.74) is 0.670. The summed E-state index contributed by atoms with van der Waals surface area (Å²) >= 11 is 0. The highest BCUT2D eigenvalue weighted by atomic mass is 16.4. The van der Waals surface area contributed by atoms with Gasteiger partial charge in [0.2, 0.25) is 5.95 Å². The molecule has 0 atom stereocenters. The van der Waals surface area contributed by atoms with E-state index >= 15 is 0 Å². The third kappa shape index (κ3) is 7.92. The Bertz CT molecular complexity index is 1260. The normalized spacial score (nSPS) is 13.3. The smallest absolute Gasteiger partial charge is 0.336 e. The van der Waals surface area contributed by atoms with Gasteiger partial charge in [0.05, 0.1) is 24.1 Å². The molecule has 1 aliphatic heterocycles. The van der Waals surface area contributed by atoms with Crippen molar-refractivity contribution in [1.82, 2.24) is 19.9 Å². The fraction of sp³-hybridized carbons (Fsp3) is 0.385. The minimum absolute atomic E-state index is 0.806. The Morgan fingerprint density at radius 1 is 0.921 bits per heavy atom. The van der Waals surface area contributed by atoms with Crippen LogP contribution in [0.25, 0.3) is 10.9 Å². The van der Waals surface area contributed by atoms with E-state index in [0.717, 1.165) is 43.3 Å². The molecule has 0 radical (unpaired) electrons. The lowest BCUT2D eigenvalue weighted by Crippen LogP contribution is -2.42. The first kappa shape index (κ1) is 28.4. The maximum absolute atomic E-state index is 10.3. The Hall–Kier alpha value is -4.16. The second-order valence-corrected chi connectivity index (χ2v) is 9.18. The van der Waals surface area contributed by atoms with Crippen molar-refractivity contribution in [2.75, 3.05) is 25.0 Å². The molecule has 12 heteroatoms. The maximum Gasteiger partial charge on any atom is 0.336 e. The highest BCUT2D eigenvalue weighted by molar-refractivity contribution is 5.88. The van der Waals surface area contributed by atoms with Crippen LogP contribution in [0, 0.1) is 0 Å². The van der Waals surface area contributed by atoms with Gasteiger partial charge in [0, 0.05) is 44.0 Å². The molecule has 0 amide bonds. The molecule has 1 aromatic carbocycles. The van der Waals surface area contributed by atoms with Gasteiger partial charge in [0.25, 0.3) is 0 Å². The Balaban J connectivity index is 0.000000263. The van der Waals surface area contributed by atoms with E-state index in [1.165, 1.54) is 23.8 Å². The third-order valence-corrected chi connectivity index (χ3v) is 5.98. The molecular weight excluding hydrogens is 494 g/mol. The molecule has 0 spiro atoms. The molecule has 3 heterocycles. The van der Waals surface area contributed by atoms with Crippen LogP contribution in [0.1, 0.15) is 36.9 Å². The van der Waals surface area contributed by atoms with Gasteiger partial charge in [0.1, 0.15) is 0 Å². The van der Waals surface area contributed by atoms with Crippen molar-refractivity contribution in [3.63, 3.8) is 0 Å². The Kier molecular flexibility index (Phi) is 9.63. The van der Waals surface area contributed by atoms with Gasteiger partial charge in [-0.1, -0.05) is 18.2 Å². The molecule has 3 aromatic rings. The van der Waals surface area contributed by atoms with Crippen LogP contribution in [0.15, 0.2) is 48.8 Å². The zero-order chi connectivity index (χ0) is 27.7. The van der Waals surface area contributed by atoms with Gasteiger partial charge in [0.15, 0.2) is 5.60 Å². The lowest BCUT2D eigenvalue weighted by atomic mass is 9.96. The average Bonchev–Trinajstić information content (AvgIpc) is 3.39. The summed E-state index contributed by atoms with van der Waals surface area (Å²) in [5, 5.41) is 35.0. The van der Waals surface area contributed by atoms with Gasteiger partial charge in [-0.05, 0) is 43.7 Å². The topological polar surface area (TPSA) is 177 Å². The van der Waals surface area contributed by atoms with E-state index in [4.69, 9.17) is 25.4 Å². The first-order valence-corrected chi connectivity index (χ1v) is 12.0. The van der Waals surface area contributed by atoms with Crippen molar-refractivity contribution >= 4 is 34.8 Å². The van der Waals surface area contributed by atoms with E-state index in [2.05, 4.69) is 51.1 Å². The summed E-state index contributed by atoms with van der Waals surface area (Å²) in [5.74, 6) is -4.15. The van der Waals surface area contributed by atoms with Crippen LogP contribution in [0.5, 0.6) is 0 Å². The highest BCUT2D eigenvalue weighted by Crippen LogP contribution is 2.20. The number of benzene rings is 1. The van der Waals surface area contributed by atoms with Crippen LogP contribution in [0.3, 0.4) is 0 Å². The SMILES string of the molecule is CN(Cc1ccnc(N2CCCC2)n1)Cc1cccc2ncccc12.O=C(O)CC(O)(CC(=O)O)C(=O)O. The molecule has 0 unspecified atom stereocenters. The van der Waals surface area contributed by atoms with E-state index in [1.54, 1.807) is 0 Å². The van der Waals surface area contributed by atoms with Crippen LogP contribution in [0.2, 0.25) is 0 Å². The largest absolute Gasteiger partial charge is 0.481 e. The molecule has 1 saturated heterocycles. The van der Waals surface area contributed by atoms with Crippen LogP contribution >= 0.6 is 0 Å². The number of carboxylic acids is 3. The van der Waals surface area contributed by atoms with E-state index in [-0.39, 0.29) is 0 Å². The van der Waals surface area contributed by atoms with Crippen LogP contribution in [-0.2, 0) is 27.5 Å². The highest BCUT2D eigenvalue weighted by Gasteiger charge is 2.40. The van der Waals surface area contributed by atoms with Crippen LogP contribution in [-0.4, -0.2) is 83.9 Å². The first-order chi connectivity index (χ1) is 18.1. The molecule has 0 aliphatic carbocycles. The Morgan fingerprint density at radius 3 is 2.24 bits per heavy atom. The van der Waals surface area contributed by atoms with Crippen molar-refractivity contribution in [3.05, 3.63) is 60.0 Å². The minimum atomic E-state index is -2.74. The molecule has 12 nitrogen and oxygen atoms in total. The van der Waals surface area contributed by atoms with Gasteiger partial charge in [-0.2, -0.15) is 0 Å².